The van der Waals surface area contributed by atoms with Gasteiger partial charge in [0, 0.05) is 32.0 Å². The fraction of sp³-hybridized carbons (Fsp3) is 0.875. The first-order chi connectivity index (χ1) is 10.1. The van der Waals surface area contributed by atoms with E-state index in [0.717, 1.165) is 45.3 Å². The highest BCUT2D eigenvalue weighted by Crippen LogP contribution is 2.20. The lowest BCUT2D eigenvalue weighted by molar-refractivity contribution is -0.138. The number of aliphatic carboxylic acids is 1. The summed E-state index contributed by atoms with van der Waals surface area (Å²) >= 11 is 0. The van der Waals surface area contributed by atoms with Crippen molar-refractivity contribution in [3.05, 3.63) is 0 Å². The summed E-state index contributed by atoms with van der Waals surface area (Å²) in [5.41, 5.74) is 0. The van der Waals surface area contributed by atoms with Gasteiger partial charge in [0.25, 0.3) is 0 Å². The first-order valence-electron chi connectivity index (χ1n) is 8.37. The zero-order valence-corrected chi connectivity index (χ0v) is 12.9. The van der Waals surface area contributed by atoms with Gasteiger partial charge in [-0.1, -0.05) is 19.3 Å². The molecule has 2 N–H and O–H groups in total. The van der Waals surface area contributed by atoms with Crippen LogP contribution in [-0.2, 0) is 9.59 Å². The van der Waals surface area contributed by atoms with Crippen molar-refractivity contribution in [3.63, 3.8) is 0 Å². The molecule has 5 heteroatoms. The van der Waals surface area contributed by atoms with Crippen LogP contribution in [-0.4, -0.2) is 47.6 Å². The SMILES string of the molecule is O=C(O)CC1CCCN(CCC(=O)NC2CCCCC2)C1. The van der Waals surface area contributed by atoms with Gasteiger partial charge < -0.3 is 15.3 Å². The highest BCUT2D eigenvalue weighted by atomic mass is 16.4. The van der Waals surface area contributed by atoms with Gasteiger partial charge in [0.1, 0.15) is 0 Å². The molecule has 2 fully saturated rings. The topological polar surface area (TPSA) is 69.6 Å². The average molecular weight is 296 g/mol. The maximum atomic E-state index is 12.0. The third kappa shape index (κ3) is 6.04. The Morgan fingerprint density at radius 3 is 2.57 bits per heavy atom. The molecule has 0 spiro atoms. The molecule has 1 heterocycles. The summed E-state index contributed by atoms with van der Waals surface area (Å²) in [5.74, 6) is -0.309. The zero-order chi connectivity index (χ0) is 15.1. The third-order valence-corrected chi connectivity index (χ3v) is 4.69. The molecule has 120 valence electrons. The number of rotatable bonds is 6. The van der Waals surface area contributed by atoms with Gasteiger partial charge in [-0.15, -0.1) is 0 Å². The van der Waals surface area contributed by atoms with Crippen LogP contribution >= 0.6 is 0 Å². The van der Waals surface area contributed by atoms with E-state index >= 15 is 0 Å². The number of likely N-dealkylation sites (tertiary alicyclic amines) is 1. The lowest BCUT2D eigenvalue weighted by atomic mass is 9.94. The van der Waals surface area contributed by atoms with E-state index in [1.165, 1.54) is 19.3 Å². The molecule has 1 unspecified atom stereocenters. The van der Waals surface area contributed by atoms with Crippen LogP contribution < -0.4 is 5.32 Å². The number of carboxylic acid groups (broad SMARTS) is 1. The van der Waals surface area contributed by atoms with Crippen molar-refractivity contribution < 1.29 is 14.7 Å². The van der Waals surface area contributed by atoms with E-state index in [1.807, 2.05) is 0 Å². The van der Waals surface area contributed by atoms with Crippen molar-refractivity contribution in [1.29, 1.82) is 0 Å². The minimum absolute atomic E-state index is 0.155. The molecule has 1 aliphatic carbocycles. The maximum Gasteiger partial charge on any atom is 0.303 e. The Bertz CT molecular complexity index is 353. The maximum absolute atomic E-state index is 12.0. The minimum Gasteiger partial charge on any atom is -0.481 e. The standard InChI is InChI=1S/C16H28N2O3/c19-15(17-14-6-2-1-3-7-14)8-10-18-9-4-5-13(12-18)11-16(20)21/h13-14H,1-12H2,(H,17,19)(H,20,21). The largest absolute Gasteiger partial charge is 0.481 e. The summed E-state index contributed by atoms with van der Waals surface area (Å²) in [6.07, 6.45) is 8.83. The molecule has 5 nitrogen and oxygen atoms in total. The van der Waals surface area contributed by atoms with E-state index in [9.17, 15) is 9.59 Å². The second-order valence-electron chi connectivity index (χ2n) is 6.56. The van der Waals surface area contributed by atoms with Gasteiger partial charge in [0.2, 0.25) is 5.91 Å². The van der Waals surface area contributed by atoms with Crippen molar-refractivity contribution in [2.24, 2.45) is 5.92 Å². The number of carbonyl (C=O) groups is 2. The van der Waals surface area contributed by atoms with Gasteiger partial charge in [0.15, 0.2) is 0 Å². The second kappa shape index (κ2) is 8.37. The van der Waals surface area contributed by atoms with Gasteiger partial charge in [0.05, 0.1) is 0 Å². The molecule has 1 amide bonds. The summed E-state index contributed by atoms with van der Waals surface area (Å²) in [4.78, 5) is 25.0. The highest BCUT2D eigenvalue weighted by Gasteiger charge is 2.22. The van der Waals surface area contributed by atoms with Crippen molar-refractivity contribution in [1.82, 2.24) is 10.2 Å². The Kier molecular flexibility index (Phi) is 6.49. The van der Waals surface area contributed by atoms with Crippen LogP contribution in [0, 0.1) is 5.92 Å². The van der Waals surface area contributed by atoms with E-state index in [4.69, 9.17) is 5.11 Å². The molecule has 1 saturated carbocycles. The Morgan fingerprint density at radius 2 is 1.86 bits per heavy atom. The monoisotopic (exact) mass is 296 g/mol. The normalized spacial score (nSPS) is 24.7. The molecular formula is C16H28N2O3. The predicted molar refractivity (Wildman–Crippen MR) is 81.0 cm³/mol. The fourth-order valence-corrected chi connectivity index (χ4v) is 3.57. The zero-order valence-electron chi connectivity index (χ0n) is 12.9. The number of hydrogen-bond acceptors (Lipinski definition) is 3. The quantitative estimate of drug-likeness (QED) is 0.786. The number of nitrogens with zero attached hydrogens (tertiary/aromatic N) is 1. The molecule has 1 saturated heterocycles. The molecule has 1 atom stereocenters. The first kappa shape index (κ1) is 16.3. The number of piperidine rings is 1. The van der Waals surface area contributed by atoms with Crippen molar-refractivity contribution in [2.45, 2.75) is 63.8 Å². The molecule has 2 aliphatic rings. The summed E-state index contributed by atoms with van der Waals surface area (Å²) < 4.78 is 0. The van der Waals surface area contributed by atoms with Crippen LogP contribution in [0.3, 0.4) is 0 Å². The average Bonchev–Trinajstić information content (AvgIpc) is 2.46. The van der Waals surface area contributed by atoms with E-state index in [-0.39, 0.29) is 18.2 Å². The Morgan fingerprint density at radius 1 is 1.10 bits per heavy atom. The van der Waals surface area contributed by atoms with Gasteiger partial charge >= 0.3 is 5.97 Å². The molecule has 0 aromatic carbocycles. The summed E-state index contributed by atoms with van der Waals surface area (Å²) in [5, 5.41) is 12.0. The number of carboxylic acids is 1. The fourth-order valence-electron chi connectivity index (χ4n) is 3.57. The Hall–Kier alpha value is -1.10. The molecule has 0 radical (unpaired) electrons. The Labute approximate surface area is 127 Å². The molecule has 0 aromatic rings. The van der Waals surface area contributed by atoms with Gasteiger partial charge in [-0.05, 0) is 38.1 Å². The molecule has 0 bridgehead atoms. The Balaban J connectivity index is 1.64. The summed E-state index contributed by atoms with van der Waals surface area (Å²) in [6.45, 7) is 2.57. The van der Waals surface area contributed by atoms with Crippen LogP contribution in [0.1, 0.15) is 57.8 Å². The summed E-state index contributed by atoms with van der Waals surface area (Å²) in [7, 11) is 0. The predicted octanol–water partition coefficient (Wildman–Crippen LogP) is 2.01. The van der Waals surface area contributed by atoms with Crippen LogP contribution in [0.4, 0.5) is 0 Å². The van der Waals surface area contributed by atoms with E-state index < -0.39 is 5.97 Å². The number of carbonyl (C=O) groups excluding carboxylic acids is 1. The van der Waals surface area contributed by atoms with Crippen LogP contribution in [0.15, 0.2) is 0 Å². The summed E-state index contributed by atoms with van der Waals surface area (Å²) in [6, 6.07) is 0.382. The lowest BCUT2D eigenvalue weighted by Crippen LogP contribution is -2.41. The van der Waals surface area contributed by atoms with E-state index in [0.29, 0.717) is 12.5 Å². The number of amides is 1. The van der Waals surface area contributed by atoms with Crippen molar-refractivity contribution in [3.8, 4) is 0 Å². The number of hydrogen-bond donors (Lipinski definition) is 2. The van der Waals surface area contributed by atoms with E-state index in [1.54, 1.807) is 0 Å². The second-order valence-corrected chi connectivity index (χ2v) is 6.56. The van der Waals surface area contributed by atoms with Gasteiger partial charge in [-0.3, -0.25) is 9.59 Å². The molecule has 1 aliphatic heterocycles. The smallest absolute Gasteiger partial charge is 0.303 e. The van der Waals surface area contributed by atoms with E-state index in [2.05, 4.69) is 10.2 Å². The van der Waals surface area contributed by atoms with Gasteiger partial charge in [-0.25, -0.2) is 0 Å². The van der Waals surface area contributed by atoms with Crippen molar-refractivity contribution >= 4 is 11.9 Å². The van der Waals surface area contributed by atoms with Crippen LogP contribution in [0.2, 0.25) is 0 Å². The third-order valence-electron chi connectivity index (χ3n) is 4.69. The minimum atomic E-state index is -0.711. The molecule has 21 heavy (non-hydrogen) atoms. The van der Waals surface area contributed by atoms with Crippen LogP contribution in [0.25, 0.3) is 0 Å². The molecule has 2 rings (SSSR count). The highest BCUT2D eigenvalue weighted by molar-refractivity contribution is 5.76. The molecular weight excluding hydrogens is 268 g/mol. The van der Waals surface area contributed by atoms with Crippen LogP contribution in [0.5, 0.6) is 0 Å². The number of nitrogens with one attached hydrogen (secondary N) is 1. The first-order valence-corrected chi connectivity index (χ1v) is 8.37. The molecule has 0 aromatic heterocycles. The van der Waals surface area contributed by atoms with Crippen molar-refractivity contribution in [2.75, 3.05) is 19.6 Å². The van der Waals surface area contributed by atoms with Gasteiger partial charge in [-0.2, -0.15) is 0 Å². The lowest BCUT2D eigenvalue weighted by Gasteiger charge is -2.32.